The molecule has 0 atom stereocenters. The first kappa shape index (κ1) is 26.8. The Morgan fingerprint density at radius 2 is 1.78 bits per heavy atom. The Labute approximate surface area is 187 Å². The number of nitrogens with zero attached hydrogens (tertiary/aromatic N) is 2. The van der Waals surface area contributed by atoms with Gasteiger partial charge in [-0.2, -0.15) is 0 Å². The highest BCUT2D eigenvalue weighted by Crippen LogP contribution is 2.28. The summed E-state index contributed by atoms with van der Waals surface area (Å²) in [6.45, 7) is 6.85. The molecule has 0 aliphatic rings. The molecule has 0 fully saturated rings. The summed E-state index contributed by atoms with van der Waals surface area (Å²) >= 11 is 0. The molecule has 0 N–H and O–H groups in total. The van der Waals surface area contributed by atoms with Crippen LogP contribution < -0.4 is 0 Å². The molecule has 7 heteroatoms. The maximum absolute atomic E-state index is 12.5. The normalized spacial score (nSPS) is 14.5. The first-order valence-electron chi connectivity index (χ1n) is 10.3. The predicted molar refractivity (Wildman–Crippen MR) is 125 cm³/mol. The number of hydrogen-bond acceptors (Lipinski definition) is 4. The molecule has 0 saturated heterocycles. The smallest absolute Gasteiger partial charge is 0.411 e. The van der Waals surface area contributed by atoms with Gasteiger partial charge in [0.1, 0.15) is 12.0 Å². The average molecular weight is 447 g/mol. The third-order valence-electron chi connectivity index (χ3n) is 4.10. The molecule has 1 aromatic carbocycles. The van der Waals surface area contributed by atoms with Gasteiger partial charge in [0.2, 0.25) is 0 Å². The molecule has 0 bridgehead atoms. The van der Waals surface area contributed by atoms with Crippen LogP contribution in [0.15, 0.2) is 75.6 Å². The van der Waals surface area contributed by atoms with Crippen LogP contribution in [0, 0.1) is 0 Å². The summed E-state index contributed by atoms with van der Waals surface area (Å²) in [4.78, 5) is 20.1. The van der Waals surface area contributed by atoms with E-state index >= 15 is 0 Å². The minimum Gasteiger partial charge on any atom is -0.411 e. The summed E-state index contributed by atoms with van der Waals surface area (Å²) in [6, 6.07) is 6.89. The van der Waals surface area contributed by atoms with E-state index < -0.39 is 6.36 Å². The Kier molecular flexibility index (Phi) is 11.7. The van der Waals surface area contributed by atoms with Crippen molar-refractivity contribution < 1.29 is 22.7 Å². The van der Waals surface area contributed by atoms with Gasteiger partial charge in [-0.1, -0.05) is 49.8 Å². The summed E-state index contributed by atoms with van der Waals surface area (Å²) in [5.41, 5.74) is 2.83. The van der Waals surface area contributed by atoms with Crippen LogP contribution in [-0.2, 0) is 4.74 Å². The highest BCUT2D eigenvalue weighted by molar-refractivity contribution is 5.82. The molecule has 4 nitrogen and oxygen atoms in total. The van der Waals surface area contributed by atoms with Crippen LogP contribution >= 0.6 is 0 Å². The summed E-state index contributed by atoms with van der Waals surface area (Å²) in [5.74, 6) is -0.303. The number of halogens is 3. The van der Waals surface area contributed by atoms with Crippen molar-refractivity contribution >= 4 is 24.4 Å². The highest BCUT2D eigenvalue weighted by Gasteiger charge is 2.30. The molecule has 0 radical (unpaired) electrons. The largest absolute Gasteiger partial charge is 0.572 e. The maximum Gasteiger partial charge on any atom is 0.572 e. The second-order valence-electron chi connectivity index (χ2n) is 6.73. The number of aliphatic imine (C=N–C) groups is 2. The zero-order chi connectivity index (χ0) is 24.0. The molecule has 0 saturated carbocycles. The molecule has 0 aromatic heterocycles. The van der Waals surface area contributed by atoms with Crippen molar-refractivity contribution in [3.8, 4) is 0 Å². The minimum absolute atomic E-state index is 0.303. The van der Waals surface area contributed by atoms with Crippen LogP contribution in [0.5, 0.6) is 0 Å². The van der Waals surface area contributed by atoms with Crippen LogP contribution in [0.1, 0.15) is 62.9 Å². The van der Waals surface area contributed by atoms with Gasteiger partial charge in [0.25, 0.3) is 0 Å². The van der Waals surface area contributed by atoms with Gasteiger partial charge in [-0.25, -0.2) is 0 Å². The Morgan fingerprint density at radius 3 is 2.31 bits per heavy atom. The number of ether oxygens (including phenoxy) is 1. The Balaban J connectivity index is 3.67. The van der Waals surface area contributed by atoms with E-state index in [0.29, 0.717) is 22.5 Å². The maximum atomic E-state index is 12.5. The van der Waals surface area contributed by atoms with Gasteiger partial charge in [0, 0.05) is 29.1 Å². The van der Waals surface area contributed by atoms with Gasteiger partial charge in [-0.3, -0.25) is 14.8 Å². The first-order chi connectivity index (χ1) is 15.3. The van der Waals surface area contributed by atoms with Crippen molar-refractivity contribution in [2.24, 2.45) is 9.98 Å². The third kappa shape index (κ3) is 9.73. The Hall–Kier alpha value is -3.22. The second kappa shape index (κ2) is 14.0. The third-order valence-corrected chi connectivity index (χ3v) is 4.10. The number of allylic oxidation sites excluding steroid dienone is 5. The molecule has 0 amide bonds. The van der Waals surface area contributed by atoms with Crippen LogP contribution in [0.3, 0.4) is 0 Å². The van der Waals surface area contributed by atoms with Crippen molar-refractivity contribution in [1.82, 2.24) is 0 Å². The fourth-order valence-electron chi connectivity index (χ4n) is 2.66. The topological polar surface area (TPSA) is 51.0 Å². The van der Waals surface area contributed by atoms with Crippen molar-refractivity contribution in [2.45, 2.75) is 53.3 Å². The number of rotatable bonds is 11. The summed E-state index contributed by atoms with van der Waals surface area (Å²) in [5, 5.41) is 0. The van der Waals surface area contributed by atoms with Gasteiger partial charge in [-0.05, 0) is 45.8 Å². The molecule has 1 aromatic rings. The van der Waals surface area contributed by atoms with Gasteiger partial charge < -0.3 is 4.74 Å². The number of hydrogen-bond donors (Lipinski definition) is 0. The predicted octanol–water partition coefficient (Wildman–Crippen LogP) is 7.46. The molecule has 0 spiro atoms. The first-order valence-corrected chi connectivity index (χ1v) is 10.3. The molecule has 0 aliphatic carbocycles. The lowest BCUT2D eigenvalue weighted by molar-refractivity contribution is -0.305. The molecular weight excluding hydrogens is 417 g/mol. The van der Waals surface area contributed by atoms with Crippen molar-refractivity contribution in [1.29, 1.82) is 0 Å². The molecule has 0 heterocycles. The minimum atomic E-state index is -4.76. The van der Waals surface area contributed by atoms with E-state index in [1.807, 2.05) is 0 Å². The Bertz CT molecular complexity index is 920. The van der Waals surface area contributed by atoms with Crippen LogP contribution in [0.4, 0.5) is 13.2 Å². The van der Waals surface area contributed by atoms with Crippen LogP contribution in [-0.4, -0.2) is 25.1 Å². The van der Waals surface area contributed by atoms with Crippen molar-refractivity contribution in [3.63, 3.8) is 0 Å². The van der Waals surface area contributed by atoms with E-state index in [-0.39, 0.29) is 5.76 Å². The number of alkyl halides is 3. The fraction of sp³-hybridized carbons (Fsp3) is 0.320. The van der Waals surface area contributed by atoms with E-state index in [1.165, 1.54) is 19.1 Å². The number of carbonyl (C=O) groups excluding carboxylic acids is 1. The monoisotopic (exact) mass is 446 g/mol. The quantitative estimate of drug-likeness (QED) is 0.116. The van der Waals surface area contributed by atoms with E-state index in [9.17, 15) is 18.0 Å². The van der Waals surface area contributed by atoms with Gasteiger partial charge in [0.05, 0.1) is 11.4 Å². The van der Waals surface area contributed by atoms with E-state index in [1.54, 1.807) is 62.7 Å². The average Bonchev–Trinajstić information content (AvgIpc) is 2.75. The second-order valence-corrected chi connectivity index (χ2v) is 6.73. The molecule has 0 unspecified atom stereocenters. The number of aldehydes is 1. The number of carbonyl (C=O) groups is 1. The van der Waals surface area contributed by atoms with Crippen molar-refractivity contribution in [2.75, 3.05) is 0 Å². The molecule has 32 heavy (non-hydrogen) atoms. The molecule has 1 rings (SSSR count). The fourth-order valence-corrected chi connectivity index (χ4v) is 2.66. The van der Waals surface area contributed by atoms with E-state index in [4.69, 9.17) is 0 Å². The lowest BCUT2D eigenvalue weighted by Crippen LogP contribution is -2.11. The summed E-state index contributed by atoms with van der Waals surface area (Å²) in [7, 11) is 0. The highest BCUT2D eigenvalue weighted by atomic mass is 19.4. The zero-order valence-electron chi connectivity index (χ0n) is 18.8. The SMILES string of the molecule is C\C=C/C(=C\C=C(/C)OC(F)(F)F)C(/N=C\C)=C(\N=C\CCCC)c1ccc(C=O)cc1. The lowest BCUT2D eigenvalue weighted by atomic mass is 10.0. The van der Waals surface area contributed by atoms with Gasteiger partial charge in [0.15, 0.2) is 0 Å². The van der Waals surface area contributed by atoms with Gasteiger partial charge in [-0.15, -0.1) is 13.2 Å². The van der Waals surface area contributed by atoms with E-state index in [2.05, 4.69) is 21.6 Å². The molecular formula is C25H29F3N2O2. The van der Waals surface area contributed by atoms with E-state index in [0.717, 1.165) is 31.1 Å². The van der Waals surface area contributed by atoms with Gasteiger partial charge >= 0.3 is 6.36 Å². The zero-order valence-corrected chi connectivity index (χ0v) is 18.8. The molecule has 0 aliphatic heterocycles. The number of benzene rings is 1. The summed E-state index contributed by atoms with van der Waals surface area (Å²) in [6.07, 6.45) is 8.40. The van der Waals surface area contributed by atoms with Crippen LogP contribution in [0.25, 0.3) is 5.70 Å². The van der Waals surface area contributed by atoms with Crippen LogP contribution in [0.2, 0.25) is 0 Å². The summed E-state index contributed by atoms with van der Waals surface area (Å²) < 4.78 is 41.4. The lowest BCUT2D eigenvalue weighted by Gasteiger charge is -2.11. The molecule has 172 valence electrons. The number of unbranched alkanes of at least 4 members (excludes halogenated alkanes) is 2. The Morgan fingerprint density at radius 1 is 1.09 bits per heavy atom. The standard InChI is InChI=1S/C25H29F3N2O2/c1-5-8-9-17-30-24(22-15-12-20(18-31)13-16-22)23(29-7-3)21(10-6-2)14-11-19(4)32-25(26,27)28/h6-7,10-18H,5,8-9H2,1-4H3/b10-6-,19-11+,21-14+,24-23+,29-7-,30-17+. The van der Waals surface area contributed by atoms with Crippen molar-refractivity contribution in [3.05, 3.63) is 76.7 Å².